The number of carbonyl (C=O) groups is 2. The predicted molar refractivity (Wildman–Crippen MR) is 169 cm³/mol. The van der Waals surface area contributed by atoms with E-state index < -0.39 is 39.5 Å². The Labute approximate surface area is 269 Å². The molecule has 1 amide bonds. The topological polar surface area (TPSA) is 115 Å². The summed E-state index contributed by atoms with van der Waals surface area (Å²) in [5.41, 5.74) is 0.417. The van der Waals surface area contributed by atoms with Gasteiger partial charge in [0.25, 0.3) is 21.5 Å². The minimum atomic E-state index is -4.45. The molecule has 0 N–H and O–H groups in total. The molecule has 0 aliphatic carbocycles. The summed E-state index contributed by atoms with van der Waals surface area (Å²) < 4.78 is 42.0. The number of aromatic nitrogens is 1. The van der Waals surface area contributed by atoms with Gasteiger partial charge in [0.1, 0.15) is 11.4 Å². The number of rotatable bonds is 6. The van der Waals surface area contributed by atoms with Crippen molar-refractivity contribution in [3.63, 3.8) is 0 Å². The Morgan fingerprint density at radius 2 is 1.44 bits per heavy atom. The van der Waals surface area contributed by atoms with Crippen LogP contribution in [0.2, 0.25) is 10.0 Å². The molecule has 4 aromatic rings. The second kappa shape index (κ2) is 12.3. The van der Waals surface area contributed by atoms with Crippen molar-refractivity contribution in [1.29, 1.82) is 0 Å². The maximum atomic E-state index is 14.6. The molecule has 3 heterocycles. The number of fused-ring (bicyclic) bond motifs is 1. The molecule has 0 radical (unpaired) electrons. The van der Waals surface area contributed by atoms with Gasteiger partial charge in [0.15, 0.2) is 0 Å². The van der Waals surface area contributed by atoms with Crippen LogP contribution in [0.3, 0.4) is 0 Å². The van der Waals surface area contributed by atoms with Crippen molar-refractivity contribution in [2.75, 3.05) is 37.7 Å². The van der Waals surface area contributed by atoms with E-state index in [2.05, 4.69) is 0 Å². The van der Waals surface area contributed by atoms with Crippen LogP contribution in [0.1, 0.15) is 43.9 Å². The number of carbonyl (C=O) groups excluding carboxylic acids is 2. The molecule has 0 bridgehead atoms. The number of morpholine rings is 1. The number of anilines is 1. The number of benzene rings is 3. The fourth-order valence-corrected chi connectivity index (χ4v) is 7.70. The van der Waals surface area contributed by atoms with Crippen LogP contribution in [-0.2, 0) is 19.5 Å². The zero-order valence-electron chi connectivity index (χ0n) is 23.9. The smallest absolute Gasteiger partial charge is 0.337 e. The Bertz CT molecular complexity index is 1940. The maximum absolute atomic E-state index is 14.6. The molecule has 0 saturated carbocycles. The van der Waals surface area contributed by atoms with Gasteiger partial charge >= 0.3 is 5.97 Å². The lowest BCUT2D eigenvalue weighted by molar-refractivity contribution is 0.0301. The zero-order valence-corrected chi connectivity index (χ0v) is 26.3. The highest BCUT2D eigenvalue weighted by molar-refractivity contribution is 7.92. The third-order valence-corrected chi connectivity index (χ3v) is 10.2. The van der Waals surface area contributed by atoms with Crippen molar-refractivity contribution in [3.05, 3.63) is 128 Å². The lowest BCUT2D eigenvalue weighted by Crippen LogP contribution is -2.43. The zero-order chi connectivity index (χ0) is 31.9. The molecule has 45 heavy (non-hydrogen) atoms. The standard InChI is InChI=1S/C32H27Cl2N3O7S/c1-43-32(40)22-3-2-4-25(19-22)45(41,42)37-27-14-13-26(30(38)35-15-17-44-18-16-35)31(39)36(27)28(20-5-9-23(33)10-6-20)29(37)21-7-11-24(34)12-8-21/h2-14,19,28-29H,15-18H2,1H3. The first-order valence-electron chi connectivity index (χ1n) is 14.0. The highest BCUT2D eigenvalue weighted by Gasteiger charge is 2.48. The third-order valence-electron chi connectivity index (χ3n) is 7.91. The van der Waals surface area contributed by atoms with Crippen molar-refractivity contribution in [2.45, 2.75) is 17.0 Å². The van der Waals surface area contributed by atoms with E-state index in [1.54, 1.807) is 53.4 Å². The molecule has 2 atom stereocenters. The van der Waals surface area contributed by atoms with Gasteiger partial charge in [-0.25, -0.2) is 17.5 Å². The van der Waals surface area contributed by atoms with Crippen LogP contribution in [0.15, 0.2) is 94.6 Å². The molecule has 1 saturated heterocycles. The Kier molecular flexibility index (Phi) is 8.45. The molecule has 232 valence electrons. The normalized spacial score (nSPS) is 18.0. The minimum absolute atomic E-state index is 0.0407. The average molecular weight is 669 g/mol. The lowest BCUT2D eigenvalue weighted by atomic mass is 9.94. The van der Waals surface area contributed by atoms with E-state index in [0.29, 0.717) is 47.5 Å². The number of sulfonamides is 1. The number of hydrogen-bond acceptors (Lipinski definition) is 7. The maximum Gasteiger partial charge on any atom is 0.337 e. The van der Waals surface area contributed by atoms with Gasteiger partial charge in [-0.1, -0.05) is 53.5 Å². The van der Waals surface area contributed by atoms with E-state index in [1.807, 2.05) is 0 Å². The molecular weight excluding hydrogens is 641 g/mol. The molecule has 10 nitrogen and oxygen atoms in total. The molecule has 3 aromatic carbocycles. The Morgan fingerprint density at radius 3 is 2.04 bits per heavy atom. The Morgan fingerprint density at radius 1 is 0.844 bits per heavy atom. The molecule has 2 aliphatic rings. The molecule has 2 unspecified atom stereocenters. The van der Waals surface area contributed by atoms with Gasteiger partial charge in [0, 0.05) is 23.1 Å². The number of amides is 1. The second-order valence-corrected chi connectivity index (χ2v) is 13.2. The molecule has 13 heteroatoms. The number of nitrogens with zero attached hydrogens (tertiary/aromatic N) is 3. The summed E-state index contributed by atoms with van der Waals surface area (Å²) in [6.45, 7) is 1.34. The molecule has 1 aromatic heterocycles. The van der Waals surface area contributed by atoms with Crippen LogP contribution < -0.4 is 9.86 Å². The number of pyridine rings is 1. The number of hydrogen-bond donors (Lipinski definition) is 0. The monoisotopic (exact) mass is 667 g/mol. The van der Waals surface area contributed by atoms with Crippen LogP contribution in [-0.4, -0.2) is 63.2 Å². The highest BCUT2D eigenvalue weighted by Crippen LogP contribution is 2.49. The first kappa shape index (κ1) is 30.8. The van der Waals surface area contributed by atoms with Crippen LogP contribution in [0.4, 0.5) is 5.82 Å². The van der Waals surface area contributed by atoms with Gasteiger partial charge in [0.05, 0.1) is 42.9 Å². The van der Waals surface area contributed by atoms with E-state index in [1.165, 1.54) is 48.1 Å². The molecule has 6 rings (SSSR count). The fourth-order valence-electron chi connectivity index (χ4n) is 5.76. The number of halogens is 2. The average Bonchev–Trinajstić information content (AvgIpc) is 3.42. The summed E-state index contributed by atoms with van der Waals surface area (Å²) in [4.78, 5) is 41.6. The van der Waals surface area contributed by atoms with Crippen molar-refractivity contribution in [3.8, 4) is 0 Å². The van der Waals surface area contributed by atoms with E-state index in [9.17, 15) is 22.8 Å². The van der Waals surface area contributed by atoms with Gasteiger partial charge in [-0.15, -0.1) is 0 Å². The second-order valence-electron chi connectivity index (χ2n) is 10.5. The van der Waals surface area contributed by atoms with Gasteiger partial charge in [0.2, 0.25) is 0 Å². The summed E-state index contributed by atoms with van der Waals surface area (Å²) >= 11 is 12.4. The number of methoxy groups -OCH3 is 1. The summed E-state index contributed by atoms with van der Waals surface area (Å²) in [6, 6.07) is 19.8. The van der Waals surface area contributed by atoms with Gasteiger partial charge in [-0.05, 0) is 65.7 Å². The van der Waals surface area contributed by atoms with E-state index in [-0.39, 0.29) is 21.8 Å². The summed E-state index contributed by atoms with van der Waals surface area (Å²) in [6.07, 6.45) is 0. The molecule has 0 spiro atoms. The fraction of sp³-hybridized carbons (Fsp3) is 0.219. The van der Waals surface area contributed by atoms with Crippen LogP contribution in [0.25, 0.3) is 0 Å². The number of ether oxygens (including phenoxy) is 2. The van der Waals surface area contributed by atoms with Crippen molar-refractivity contribution < 1.29 is 27.5 Å². The number of esters is 1. The van der Waals surface area contributed by atoms with Crippen molar-refractivity contribution in [2.24, 2.45) is 0 Å². The minimum Gasteiger partial charge on any atom is -0.465 e. The predicted octanol–water partition coefficient (Wildman–Crippen LogP) is 4.95. The van der Waals surface area contributed by atoms with Crippen LogP contribution in [0.5, 0.6) is 0 Å². The lowest BCUT2D eigenvalue weighted by Gasteiger charge is -2.29. The summed E-state index contributed by atoms with van der Waals surface area (Å²) in [5, 5.41) is 0.890. The Balaban J connectivity index is 1.61. The summed E-state index contributed by atoms with van der Waals surface area (Å²) in [7, 11) is -3.24. The SMILES string of the molecule is COC(=O)c1cccc(S(=O)(=O)N2c3ccc(C(=O)N4CCOCC4)c(=O)n3C(c3ccc(Cl)cc3)C2c2ccc(Cl)cc2)c1. The van der Waals surface area contributed by atoms with E-state index >= 15 is 0 Å². The molecule has 1 fully saturated rings. The largest absolute Gasteiger partial charge is 0.465 e. The van der Waals surface area contributed by atoms with E-state index in [4.69, 9.17) is 32.7 Å². The van der Waals surface area contributed by atoms with E-state index in [0.717, 1.165) is 4.31 Å². The van der Waals surface area contributed by atoms with Crippen LogP contribution >= 0.6 is 23.2 Å². The van der Waals surface area contributed by atoms with Crippen LogP contribution in [0, 0.1) is 0 Å². The Hall–Kier alpha value is -4.16. The first-order valence-corrected chi connectivity index (χ1v) is 16.2. The van der Waals surface area contributed by atoms with Gasteiger partial charge < -0.3 is 14.4 Å². The highest BCUT2D eigenvalue weighted by atomic mass is 35.5. The van der Waals surface area contributed by atoms with Crippen molar-refractivity contribution >= 4 is 50.9 Å². The van der Waals surface area contributed by atoms with Crippen molar-refractivity contribution in [1.82, 2.24) is 9.47 Å². The first-order chi connectivity index (χ1) is 21.6. The third kappa shape index (κ3) is 5.61. The summed E-state index contributed by atoms with van der Waals surface area (Å²) in [5.74, 6) is -1.13. The van der Waals surface area contributed by atoms with Gasteiger partial charge in [-0.3, -0.25) is 14.2 Å². The quantitative estimate of drug-likeness (QED) is 0.267. The van der Waals surface area contributed by atoms with Gasteiger partial charge in [-0.2, -0.15) is 0 Å². The molecule has 2 aliphatic heterocycles. The molecular formula is C32H27Cl2N3O7S.